The maximum Gasteiger partial charge on any atom is 0.244 e. The average Bonchev–Trinajstić information content (AvgIpc) is 3.29. The van der Waals surface area contributed by atoms with E-state index in [1.54, 1.807) is 6.08 Å². The summed E-state index contributed by atoms with van der Waals surface area (Å²) < 4.78 is 8.29. The number of aryl methyl sites for hydroxylation is 1. The highest BCUT2D eigenvalue weighted by atomic mass is 16.5. The Morgan fingerprint density at radius 3 is 2.54 bits per heavy atom. The van der Waals surface area contributed by atoms with Crippen LogP contribution in [0.25, 0.3) is 27.9 Å². The molecule has 0 radical (unpaired) electrons. The highest BCUT2D eigenvalue weighted by Gasteiger charge is 2.10. The molecule has 5 rings (SSSR count). The number of imidazole rings is 1. The van der Waals surface area contributed by atoms with Gasteiger partial charge in [0, 0.05) is 25.6 Å². The van der Waals surface area contributed by atoms with Crippen molar-refractivity contribution in [1.29, 1.82) is 0 Å². The number of amides is 1. The highest BCUT2D eigenvalue weighted by Crippen LogP contribution is 2.21. The van der Waals surface area contributed by atoms with Crippen LogP contribution in [-0.4, -0.2) is 28.6 Å². The zero-order valence-corrected chi connectivity index (χ0v) is 20.8. The lowest BCUT2D eigenvalue weighted by Gasteiger charge is -2.11. The molecule has 0 aliphatic heterocycles. The van der Waals surface area contributed by atoms with Crippen molar-refractivity contribution in [3.8, 4) is 5.75 Å². The van der Waals surface area contributed by atoms with Gasteiger partial charge in [-0.2, -0.15) is 0 Å². The number of nitrogens with zero attached hydrogens (tertiary/aromatic N) is 2. The molecular formula is C32H31N3O2. The molecule has 0 fully saturated rings. The summed E-state index contributed by atoms with van der Waals surface area (Å²) in [5.74, 6) is 1.80. The molecular weight excluding hydrogens is 458 g/mol. The van der Waals surface area contributed by atoms with Gasteiger partial charge in [-0.25, -0.2) is 4.98 Å². The van der Waals surface area contributed by atoms with Crippen LogP contribution in [0.2, 0.25) is 0 Å². The number of hydrogen-bond donors (Lipinski definition) is 1. The Morgan fingerprint density at radius 1 is 0.865 bits per heavy atom. The Bertz CT molecular complexity index is 1500. The smallest absolute Gasteiger partial charge is 0.244 e. The minimum Gasteiger partial charge on any atom is -0.494 e. The molecule has 0 bridgehead atoms. The zero-order chi connectivity index (χ0) is 25.3. The van der Waals surface area contributed by atoms with E-state index in [2.05, 4.69) is 40.2 Å². The molecule has 0 spiro atoms. The van der Waals surface area contributed by atoms with E-state index in [1.807, 2.05) is 72.8 Å². The minimum absolute atomic E-state index is 0.0997. The molecule has 5 aromatic rings. The molecule has 1 N–H and O–H groups in total. The molecule has 0 aliphatic rings. The number of fused-ring (bicyclic) bond motifs is 2. The van der Waals surface area contributed by atoms with E-state index in [1.165, 1.54) is 10.8 Å². The molecule has 0 atom stereocenters. The van der Waals surface area contributed by atoms with Crippen molar-refractivity contribution in [2.75, 3.05) is 13.2 Å². The van der Waals surface area contributed by atoms with Crippen LogP contribution in [0.5, 0.6) is 5.75 Å². The number of aromatic nitrogens is 2. The predicted octanol–water partition coefficient (Wildman–Crippen LogP) is 6.42. The van der Waals surface area contributed by atoms with Gasteiger partial charge in [0.05, 0.1) is 17.6 Å². The topological polar surface area (TPSA) is 56.2 Å². The van der Waals surface area contributed by atoms with Crippen LogP contribution in [0.4, 0.5) is 0 Å². The van der Waals surface area contributed by atoms with Gasteiger partial charge < -0.3 is 14.6 Å². The second-order valence-electron chi connectivity index (χ2n) is 9.02. The summed E-state index contributed by atoms with van der Waals surface area (Å²) in [4.78, 5) is 17.1. The Balaban J connectivity index is 1.14. The first-order valence-corrected chi connectivity index (χ1v) is 12.8. The van der Waals surface area contributed by atoms with Crippen LogP contribution in [0.15, 0.2) is 103 Å². The molecule has 186 valence electrons. The highest BCUT2D eigenvalue weighted by molar-refractivity contribution is 5.91. The van der Waals surface area contributed by atoms with E-state index in [-0.39, 0.29) is 5.91 Å². The van der Waals surface area contributed by atoms with E-state index >= 15 is 0 Å². The van der Waals surface area contributed by atoms with E-state index in [0.717, 1.165) is 47.6 Å². The maximum atomic E-state index is 12.3. The van der Waals surface area contributed by atoms with Gasteiger partial charge >= 0.3 is 0 Å². The van der Waals surface area contributed by atoms with Gasteiger partial charge in [-0.15, -0.1) is 0 Å². The van der Waals surface area contributed by atoms with Crippen LogP contribution < -0.4 is 10.1 Å². The van der Waals surface area contributed by atoms with E-state index in [0.29, 0.717) is 19.6 Å². The largest absolute Gasteiger partial charge is 0.494 e. The van der Waals surface area contributed by atoms with Gasteiger partial charge in [-0.05, 0) is 59.5 Å². The summed E-state index contributed by atoms with van der Waals surface area (Å²) in [6, 6.07) is 32.6. The van der Waals surface area contributed by atoms with Crippen LogP contribution in [-0.2, 0) is 17.8 Å². The summed E-state index contributed by atoms with van der Waals surface area (Å²) in [6.07, 6.45) is 6.00. The fourth-order valence-electron chi connectivity index (χ4n) is 4.48. The van der Waals surface area contributed by atoms with E-state index in [4.69, 9.17) is 9.72 Å². The number of para-hydroxylation sites is 2. The monoisotopic (exact) mass is 489 g/mol. The number of carbonyl (C=O) groups is 1. The summed E-state index contributed by atoms with van der Waals surface area (Å²) >= 11 is 0. The zero-order valence-electron chi connectivity index (χ0n) is 20.8. The molecule has 1 amide bonds. The van der Waals surface area contributed by atoms with Gasteiger partial charge in [0.2, 0.25) is 5.91 Å². The van der Waals surface area contributed by atoms with Crippen molar-refractivity contribution in [2.24, 2.45) is 0 Å². The lowest BCUT2D eigenvalue weighted by atomic mass is 10.1. The normalized spacial score (nSPS) is 11.4. The molecule has 5 nitrogen and oxygen atoms in total. The Labute approximate surface area is 217 Å². The van der Waals surface area contributed by atoms with Gasteiger partial charge in [-0.1, -0.05) is 72.8 Å². The van der Waals surface area contributed by atoms with Gasteiger partial charge in [0.15, 0.2) is 0 Å². The Kier molecular flexibility index (Phi) is 7.91. The molecule has 0 saturated heterocycles. The first kappa shape index (κ1) is 24.3. The van der Waals surface area contributed by atoms with Crippen molar-refractivity contribution in [1.82, 2.24) is 14.9 Å². The lowest BCUT2D eigenvalue weighted by Crippen LogP contribution is -2.24. The first-order chi connectivity index (χ1) is 18.3. The second kappa shape index (κ2) is 12.0. The number of rotatable bonds is 11. The molecule has 1 heterocycles. The third kappa shape index (κ3) is 6.44. The van der Waals surface area contributed by atoms with Crippen LogP contribution >= 0.6 is 0 Å². The second-order valence-corrected chi connectivity index (χ2v) is 9.02. The Hall–Kier alpha value is -4.38. The van der Waals surface area contributed by atoms with E-state index in [9.17, 15) is 4.79 Å². The fraction of sp³-hybridized carbons (Fsp3) is 0.188. The molecule has 0 saturated carbocycles. The molecule has 1 aromatic heterocycles. The molecule has 0 unspecified atom stereocenters. The van der Waals surface area contributed by atoms with Crippen molar-refractivity contribution in [2.45, 2.75) is 25.8 Å². The van der Waals surface area contributed by atoms with Crippen molar-refractivity contribution < 1.29 is 9.53 Å². The molecule has 37 heavy (non-hydrogen) atoms. The van der Waals surface area contributed by atoms with Gasteiger partial charge in [0.1, 0.15) is 11.6 Å². The standard InChI is InChI=1S/C32H31N3O2/c36-32(19-16-25-10-2-1-3-11-25)33-21-20-31-34-29-14-6-7-15-30(29)35(31)22-8-9-23-37-28-18-17-26-12-4-5-13-27(26)24-28/h1-7,10-19,24H,8-9,20-23H2,(H,33,36)/b19-16+. The third-order valence-electron chi connectivity index (χ3n) is 6.37. The van der Waals surface area contributed by atoms with Gasteiger partial charge in [0.25, 0.3) is 0 Å². The van der Waals surface area contributed by atoms with Crippen molar-refractivity contribution in [3.63, 3.8) is 0 Å². The van der Waals surface area contributed by atoms with Crippen LogP contribution in [0.1, 0.15) is 24.2 Å². The third-order valence-corrected chi connectivity index (χ3v) is 6.37. The number of benzene rings is 4. The number of carbonyl (C=O) groups excluding carboxylic acids is 1. The van der Waals surface area contributed by atoms with Crippen LogP contribution in [0, 0.1) is 0 Å². The SMILES string of the molecule is O=C(/C=C/c1ccccc1)NCCc1nc2ccccc2n1CCCCOc1ccc2ccccc2c1. The Morgan fingerprint density at radius 2 is 1.65 bits per heavy atom. The molecule has 5 heteroatoms. The maximum absolute atomic E-state index is 12.3. The predicted molar refractivity (Wildman–Crippen MR) is 151 cm³/mol. The summed E-state index contributed by atoms with van der Waals surface area (Å²) in [6.45, 7) is 2.06. The van der Waals surface area contributed by atoms with Gasteiger partial charge in [-0.3, -0.25) is 4.79 Å². The minimum atomic E-state index is -0.0997. The van der Waals surface area contributed by atoms with Crippen molar-refractivity contribution >= 4 is 33.8 Å². The number of nitrogens with one attached hydrogen (secondary N) is 1. The lowest BCUT2D eigenvalue weighted by molar-refractivity contribution is -0.116. The fourth-order valence-corrected chi connectivity index (χ4v) is 4.48. The summed E-state index contributed by atoms with van der Waals surface area (Å²) in [7, 11) is 0. The molecule has 0 aliphatic carbocycles. The summed E-state index contributed by atoms with van der Waals surface area (Å²) in [5, 5.41) is 5.39. The summed E-state index contributed by atoms with van der Waals surface area (Å²) in [5.41, 5.74) is 3.12. The number of unbranched alkanes of at least 4 members (excludes halogenated alkanes) is 1. The number of ether oxygens (including phenoxy) is 1. The van der Waals surface area contributed by atoms with E-state index < -0.39 is 0 Å². The average molecular weight is 490 g/mol. The van der Waals surface area contributed by atoms with Crippen LogP contribution in [0.3, 0.4) is 0 Å². The van der Waals surface area contributed by atoms with Crippen molar-refractivity contribution in [3.05, 3.63) is 115 Å². The molecule has 4 aromatic carbocycles. The quantitative estimate of drug-likeness (QED) is 0.172. The first-order valence-electron chi connectivity index (χ1n) is 12.8. The number of hydrogen-bond acceptors (Lipinski definition) is 3.